The molecule has 60 valence electrons. The van der Waals surface area contributed by atoms with Gasteiger partial charge in [-0.05, 0) is 13.3 Å². The van der Waals surface area contributed by atoms with E-state index in [0.717, 1.165) is 9.16 Å². The fourth-order valence-corrected chi connectivity index (χ4v) is 6.40. The molecular formula is C7H14S3. The molecule has 1 saturated heterocycles. The summed E-state index contributed by atoms with van der Waals surface area (Å²) < 4.78 is 1.71. The van der Waals surface area contributed by atoms with Crippen LogP contribution in [0.25, 0.3) is 0 Å². The minimum atomic E-state index is 0.826. The standard InChI is InChI=1S/C7H14S3/c1-3-4-5-7-8-6(2)9-10-7/h6-7H,3-5H2,1-2H3/t6-,7+/m1/s1. The lowest BCUT2D eigenvalue weighted by Gasteiger charge is -2.04. The van der Waals surface area contributed by atoms with Crippen molar-refractivity contribution in [3.8, 4) is 0 Å². The SMILES string of the molecule is CCCC[C@@H]1SS[C@H](C)S1. The summed E-state index contributed by atoms with van der Waals surface area (Å²) in [6.07, 6.45) is 4.15. The van der Waals surface area contributed by atoms with E-state index < -0.39 is 0 Å². The maximum atomic E-state index is 2.30. The number of hydrogen-bond donors (Lipinski definition) is 0. The van der Waals surface area contributed by atoms with Crippen LogP contribution >= 0.6 is 33.3 Å². The monoisotopic (exact) mass is 194 g/mol. The molecule has 0 saturated carbocycles. The second-order valence-corrected chi connectivity index (χ2v) is 7.43. The molecule has 1 aliphatic heterocycles. The van der Waals surface area contributed by atoms with Gasteiger partial charge in [-0.1, -0.05) is 41.4 Å². The van der Waals surface area contributed by atoms with Crippen molar-refractivity contribution in [2.75, 3.05) is 0 Å². The minimum Gasteiger partial charge on any atom is -0.132 e. The predicted octanol–water partition coefficient (Wildman–Crippen LogP) is 3.98. The summed E-state index contributed by atoms with van der Waals surface area (Å²) in [7, 11) is 4.11. The first kappa shape index (κ1) is 9.14. The first-order valence-electron chi connectivity index (χ1n) is 3.80. The van der Waals surface area contributed by atoms with Gasteiger partial charge in [0.25, 0.3) is 0 Å². The molecule has 0 N–H and O–H groups in total. The van der Waals surface area contributed by atoms with E-state index >= 15 is 0 Å². The molecule has 10 heavy (non-hydrogen) atoms. The second-order valence-electron chi connectivity index (χ2n) is 2.47. The van der Waals surface area contributed by atoms with Crippen LogP contribution in [0.4, 0.5) is 0 Å². The van der Waals surface area contributed by atoms with E-state index in [9.17, 15) is 0 Å². The summed E-state index contributed by atoms with van der Waals surface area (Å²) in [5.41, 5.74) is 0. The predicted molar refractivity (Wildman–Crippen MR) is 55.5 cm³/mol. The van der Waals surface area contributed by atoms with Crippen LogP contribution in [-0.2, 0) is 0 Å². The molecule has 0 unspecified atom stereocenters. The van der Waals surface area contributed by atoms with Gasteiger partial charge in [-0.25, -0.2) is 0 Å². The molecule has 3 heteroatoms. The normalized spacial score (nSPS) is 33.0. The molecule has 1 rings (SSSR count). The zero-order valence-corrected chi connectivity index (χ0v) is 8.95. The maximum absolute atomic E-state index is 2.30. The second kappa shape index (κ2) is 4.83. The number of hydrogen-bond acceptors (Lipinski definition) is 3. The lowest BCUT2D eigenvalue weighted by Crippen LogP contribution is -1.91. The van der Waals surface area contributed by atoms with Crippen molar-refractivity contribution >= 4 is 33.3 Å². The van der Waals surface area contributed by atoms with E-state index in [-0.39, 0.29) is 0 Å². The zero-order chi connectivity index (χ0) is 7.40. The van der Waals surface area contributed by atoms with Crippen molar-refractivity contribution in [2.45, 2.75) is 42.3 Å². The van der Waals surface area contributed by atoms with Crippen LogP contribution in [0.2, 0.25) is 0 Å². The van der Waals surface area contributed by atoms with Crippen molar-refractivity contribution < 1.29 is 0 Å². The van der Waals surface area contributed by atoms with Crippen molar-refractivity contribution in [1.82, 2.24) is 0 Å². The Morgan fingerprint density at radius 2 is 2.10 bits per heavy atom. The van der Waals surface area contributed by atoms with Gasteiger partial charge in [0.15, 0.2) is 0 Å². The Morgan fingerprint density at radius 3 is 2.60 bits per heavy atom. The molecule has 0 amide bonds. The molecule has 0 radical (unpaired) electrons. The van der Waals surface area contributed by atoms with E-state index in [0.29, 0.717) is 0 Å². The fourth-order valence-electron chi connectivity index (χ4n) is 0.886. The Hall–Kier alpha value is 1.05. The van der Waals surface area contributed by atoms with E-state index in [2.05, 4.69) is 36.4 Å². The van der Waals surface area contributed by atoms with Crippen LogP contribution in [0.3, 0.4) is 0 Å². The van der Waals surface area contributed by atoms with Crippen LogP contribution in [-0.4, -0.2) is 9.16 Å². The molecule has 1 aliphatic rings. The molecule has 0 aliphatic carbocycles. The smallest absolute Gasteiger partial charge is 0.0617 e. The summed E-state index contributed by atoms with van der Waals surface area (Å²) in [6, 6.07) is 0. The van der Waals surface area contributed by atoms with E-state index in [1.54, 1.807) is 0 Å². The lowest BCUT2D eigenvalue weighted by atomic mass is 10.3. The van der Waals surface area contributed by atoms with Gasteiger partial charge < -0.3 is 0 Å². The van der Waals surface area contributed by atoms with Gasteiger partial charge >= 0.3 is 0 Å². The quantitative estimate of drug-likeness (QED) is 0.624. The number of unbranched alkanes of at least 4 members (excludes halogenated alkanes) is 1. The Morgan fingerprint density at radius 1 is 1.30 bits per heavy atom. The highest BCUT2D eigenvalue weighted by atomic mass is 33.1. The van der Waals surface area contributed by atoms with Crippen LogP contribution in [0, 0.1) is 0 Å². The molecule has 0 aromatic heterocycles. The average molecular weight is 194 g/mol. The van der Waals surface area contributed by atoms with Crippen LogP contribution in [0.1, 0.15) is 33.1 Å². The van der Waals surface area contributed by atoms with Crippen molar-refractivity contribution in [1.29, 1.82) is 0 Å². The van der Waals surface area contributed by atoms with Gasteiger partial charge in [0.1, 0.15) is 0 Å². The lowest BCUT2D eigenvalue weighted by molar-refractivity contribution is 0.764. The highest BCUT2D eigenvalue weighted by Crippen LogP contribution is 2.52. The molecule has 0 spiro atoms. The number of rotatable bonds is 3. The van der Waals surface area contributed by atoms with Crippen LogP contribution in [0.5, 0.6) is 0 Å². The maximum Gasteiger partial charge on any atom is 0.0617 e. The van der Waals surface area contributed by atoms with E-state index in [1.807, 2.05) is 10.8 Å². The summed E-state index contributed by atoms with van der Waals surface area (Å²) in [6.45, 7) is 4.56. The first-order valence-corrected chi connectivity index (χ1v) is 7.02. The molecule has 0 aromatic rings. The van der Waals surface area contributed by atoms with Gasteiger partial charge in [-0.15, -0.1) is 11.8 Å². The van der Waals surface area contributed by atoms with Gasteiger partial charge in [-0.2, -0.15) is 0 Å². The molecule has 0 nitrogen and oxygen atoms in total. The van der Waals surface area contributed by atoms with E-state index in [1.165, 1.54) is 19.3 Å². The van der Waals surface area contributed by atoms with Gasteiger partial charge in [0.2, 0.25) is 0 Å². The number of thioether (sulfide) groups is 1. The van der Waals surface area contributed by atoms with Crippen molar-refractivity contribution in [3.63, 3.8) is 0 Å². The van der Waals surface area contributed by atoms with Crippen LogP contribution in [0.15, 0.2) is 0 Å². The summed E-state index contributed by atoms with van der Waals surface area (Å²) in [5.74, 6) is 0. The molecule has 0 bridgehead atoms. The van der Waals surface area contributed by atoms with Gasteiger partial charge in [0, 0.05) is 0 Å². The third kappa shape index (κ3) is 2.97. The Kier molecular flexibility index (Phi) is 4.42. The largest absolute Gasteiger partial charge is 0.132 e. The van der Waals surface area contributed by atoms with Crippen LogP contribution < -0.4 is 0 Å². The third-order valence-electron chi connectivity index (χ3n) is 1.44. The van der Waals surface area contributed by atoms with Gasteiger partial charge in [-0.3, -0.25) is 0 Å². The Bertz CT molecular complexity index is 94.9. The first-order chi connectivity index (χ1) is 4.83. The fraction of sp³-hybridized carbons (Fsp3) is 1.00. The molecular weight excluding hydrogens is 180 g/mol. The minimum absolute atomic E-state index is 0.826. The zero-order valence-electron chi connectivity index (χ0n) is 6.50. The molecule has 0 aromatic carbocycles. The molecule has 1 fully saturated rings. The highest BCUT2D eigenvalue weighted by Gasteiger charge is 2.22. The highest BCUT2D eigenvalue weighted by molar-refractivity contribution is 8.82. The summed E-state index contributed by atoms with van der Waals surface area (Å²) in [5, 5.41) is 0. The summed E-state index contributed by atoms with van der Waals surface area (Å²) in [4.78, 5) is 0. The topological polar surface area (TPSA) is 0 Å². The summed E-state index contributed by atoms with van der Waals surface area (Å²) >= 11 is 2.13. The Labute approximate surface area is 75.7 Å². The van der Waals surface area contributed by atoms with Crippen molar-refractivity contribution in [3.05, 3.63) is 0 Å². The third-order valence-corrected chi connectivity index (χ3v) is 7.06. The Balaban J connectivity index is 2.06. The average Bonchev–Trinajstić information content (AvgIpc) is 2.31. The van der Waals surface area contributed by atoms with E-state index in [4.69, 9.17) is 0 Å². The molecule has 2 atom stereocenters. The van der Waals surface area contributed by atoms with Crippen molar-refractivity contribution in [2.24, 2.45) is 0 Å². The molecule has 1 heterocycles. The van der Waals surface area contributed by atoms with Gasteiger partial charge in [0.05, 0.1) is 9.16 Å².